The van der Waals surface area contributed by atoms with Crippen molar-refractivity contribution < 1.29 is 0 Å². The summed E-state index contributed by atoms with van der Waals surface area (Å²) in [6.45, 7) is 3.82. The maximum absolute atomic E-state index is 5.83. The number of anilines is 1. The van der Waals surface area contributed by atoms with Crippen LogP contribution in [0.4, 0.5) is 5.69 Å². The molecule has 1 fully saturated rings. The molecule has 88 valence electrons. The molecule has 0 aliphatic carbocycles. The minimum absolute atomic E-state index is 0.800. The van der Waals surface area contributed by atoms with Gasteiger partial charge in [-0.25, -0.2) is 0 Å². The molecule has 0 bridgehead atoms. The second-order valence-corrected chi connectivity index (χ2v) is 5.30. The van der Waals surface area contributed by atoms with E-state index in [1.807, 2.05) is 17.8 Å². The van der Waals surface area contributed by atoms with E-state index in [4.69, 9.17) is 5.73 Å². The predicted octanol–water partition coefficient (Wildman–Crippen LogP) is 2.24. The third-order valence-electron chi connectivity index (χ3n) is 2.89. The van der Waals surface area contributed by atoms with Gasteiger partial charge in [0.05, 0.1) is 11.9 Å². The van der Waals surface area contributed by atoms with Crippen molar-refractivity contribution in [1.29, 1.82) is 0 Å². The van der Waals surface area contributed by atoms with Crippen LogP contribution in [0.15, 0.2) is 23.4 Å². The summed E-state index contributed by atoms with van der Waals surface area (Å²) in [4.78, 5) is 7.71. The van der Waals surface area contributed by atoms with Gasteiger partial charge in [0.15, 0.2) is 0 Å². The van der Waals surface area contributed by atoms with Crippen molar-refractivity contribution in [2.45, 2.75) is 24.2 Å². The molecule has 2 N–H and O–H groups in total. The summed E-state index contributed by atoms with van der Waals surface area (Å²) < 4.78 is 0. The van der Waals surface area contributed by atoms with E-state index in [2.05, 4.69) is 9.88 Å². The van der Waals surface area contributed by atoms with Crippen molar-refractivity contribution in [2.75, 3.05) is 31.1 Å². The molecule has 0 spiro atoms. The number of rotatable bonds is 5. The molecule has 4 heteroatoms. The first kappa shape index (κ1) is 11.7. The van der Waals surface area contributed by atoms with E-state index < -0.39 is 0 Å². The number of hydrogen-bond acceptors (Lipinski definition) is 4. The quantitative estimate of drug-likeness (QED) is 0.630. The van der Waals surface area contributed by atoms with Crippen molar-refractivity contribution in [3.8, 4) is 0 Å². The third-order valence-corrected chi connectivity index (χ3v) is 4.06. The molecule has 0 atom stereocenters. The zero-order valence-corrected chi connectivity index (χ0v) is 10.4. The summed E-state index contributed by atoms with van der Waals surface area (Å²) in [7, 11) is 0. The van der Waals surface area contributed by atoms with Gasteiger partial charge in [0.25, 0.3) is 0 Å². The Kier molecular flexibility index (Phi) is 4.48. The highest BCUT2D eigenvalue weighted by molar-refractivity contribution is 7.99. The molecule has 0 saturated carbocycles. The first-order valence-electron chi connectivity index (χ1n) is 5.91. The van der Waals surface area contributed by atoms with Crippen LogP contribution in [0, 0.1) is 0 Å². The Morgan fingerprint density at radius 1 is 1.38 bits per heavy atom. The van der Waals surface area contributed by atoms with Crippen LogP contribution in [0.5, 0.6) is 0 Å². The minimum Gasteiger partial charge on any atom is -0.397 e. The molecule has 1 aromatic heterocycles. The molecule has 3 nitrogen and oxygen atoms in total. The molecule has 0 aromatic carbocycles. The Balaban J connectivity index is 1.66. The van der Waals surface area contributed by atoms with Crippen LogP contribution in [0.3, 0.4) is 0 Å². The lowest BCUT2D eigenvalue weighted by molar-refractivity contribution is 0.341. The van der Waals surface area contributed by atoms with Crippen molar-refractivity contribution in [1.82, 2.24) is 9.88 Å². The average Bonchev–Trinajstić information content (AvgIpc) is 2.79. The molecule has 0 radical (unpaired) electrons. The molecule has 2 heterocycles. The molecular weight excluding hydrogens is 218 g/mol. The van der Waals surface area contributed by atoms with Crippen LogP contribution in [0.25, 0.3) is 0 Å². The zero-order chi connectivity index (χ0) is 11.2. The fraction of sp³-hybridized carbons (Fsp3) is 0.583. The fourth-order valence-electron chi connectivity index (χ4n) is 2.00. The Morgan fingerprint density at radius 2 is 2.19 bits per heavy atom. The summed E-state index contributed by atoms with van der Waals surface area (Å²) in [5, 5.41) is 0. The number of nitrogens with zero attached hydrogens (tertiary/aromatic N) is 2. The van der Waals surface area contributed by atoms with Gasteiger partial charge >= 0.3 is 0 Å². The summed E-state index contributed by atoms with van der Waals surface area (Å²) in [5.41, 5.74) is 6.63. The number of likely N-dealkylation sites (tertiary alicyclic amines) is 1. The lowest BCUT2D eigenvalue weighted by Crippen LogP contribution is -2.20. The SMILES string of the molecule is Nc1cnccc1SCCCN1CCCC1. The van der Waals surface area contributed by atoms with Gasteiger partial charge in [-0.1, -0.05) is 0 Å². The molecule has 1 aliphatic rings. The number of nitrogens with two attached hydrogens (primary N) is 1. The van der Waals surface area contributed by atoms with Gasteiger partial charge in [0, 0.05) is 11.1 Å². The lowest BCUT2D eigenvalue weighted by atomic mass is 10.4. The number of pyridine rings is 1. The maximum Gasteiger partial charge on any atom is 0.0638 e. The topological polar surface area (TPSA) is 42.1 Å². The number of thioether (sulfide) groups is 1. The minimum atomic E-state index is 0.800. The molecular formula is C12H19N3S. The van der Waals surface area contributed by atoms with Gasteiger partial charge in [-0.15, -0.1) is 11.8 Å². The van der Waals surface area contributed by atoms with Gasteiger partial charge in [-0.3, -0.25) is 4.98 Å². The van der Waals surface area contributed by atoms with Crippen molar-refractivity contribution in [3.63, 3.8) is 0 Å². The van der Waals surface area contributed by atoms with E-state index in [0.29, 0.717) is 0 Å². The summed E-state index contributed by atoms with van der Waals surface area (Å²) >= 11 is 1.84. The molecule has 0 unspecified atom stereocenters. The lowest BCUT2D eigenvalue weighted by Gasteiger charge is -2.13. The van der Waals surface area contributed by atoms with Gasteiger partial charge in [0.2, 0.25) is 0 Å². The van der Waals surface area contributed by atoms with Crippen molar-refractivity contribution >= 4 is 17.4 Å². The highest BCUT2D eigenvalue weighted by Crippen LogP contribution is 2.24. The number of hydrogen-bond donors (Lipinski definition) is 1. The van der Waals surface area contributed by atoms with Gasteiger partial charge in [0.1, 0.15) is 0 Å². The molecule has 16 heavy (non-hydrogen) atoms. The smallest absolute Gasteiger partial charge is 0.0638 e. The Morgan fingerprint density at radius 3 is 2.94 bits per heavy atom. The van der Waals surface area contributed by atoms with Crippen molar-refractivity contribution in [3.05, 3.63) is 18.5 Å². The molecule has 1 saturated heterocycles. The largest absolute Gasteiger partial charge is 0.397 e. The number of aromatic nitrogens is 1. The zero-order valence-electron chi connectivity index (χ0n) is 9.56. The standard InChI is InChI=1S/C12H19N3S/c13-11-10-14-5-4-12(11)16-9-3-8-15-6-1-2-7-15/h4-5,10H,1-3,6-9,13H2. The van der Waals surface area contributed by atoms with Crippen LogP contribution in [0.2, 0.25) is 0 Å². The van der Waals surface area contributed by atoms with E-state index >= 15 is 0 Å². The molecule has 1 aliphatic heterocycles. The number of nitrogen functional groups attached to an aromatic ring is 1. The van der Waals surface area contributed by atoms with Crippen molar-refractivity contribution in [2.24, 2.45) is 0 Å². The predicted molar refractivity (Wildman–Crippen MR) is 69.7 cm³/mol. The molecule has 0 amide bonds. The Hall–Kier alpha value is -0.740. The normalized spacial score (nSPS) is 16.8. The Labute approximate surface area is 101 Å². The second-order valence-electron chi connectivity index (χ2n) is 4.16. The second kappa shape index (κ2) is 6.11. The first-order valence-corrected chi connectivity index (χ1v) is 6.89. The monoisotopic (exact) mass is 237 g/mol. The average molecular weight is 237 g/mol. The highest BCUT2D eigenvalue weighted by atomic mass is 32.2. The van der Waals surface area contributed by atoms with E-state index in [0.717, 1.165) is 16.3 Å². The van der Waals surface area contributed by atoms with Crippen LogP contribution < -0.4 is 5.73 Å². The van der Waals surface area contributed by atoms with E-state index in [1.54, 1.807) is 12.4 Å². The van der Waals surface area contributed by atoms with Gasteiger partial charge < -0.3 is 10.6 Å². The van der Waals surface area contributed by atoms with E-state index in [-0.39, 0.29) is 0 Å². The van der Waals surface area contributed by atoms with Crippen LogP contribution in [-0.2, 0) is 0 Å². The van der Waals surface area contributed by atoms with Crippen LogP contribution >= 0.6 is 11.8 Å². The van der Waals surface area contributed by atoms with Crippen LogP contribution in [-0.4, -0.2) is 35.3 Å². The van der Waals surface area contributed by atoms with E-state index in [1.165, 1.54) is 38.9 Å². The van der Waals surface area contributed by atoms with Gasteiger partial charge in [-0.2, -0.15) is 0 Å². The maximum atomic E-state index is 5.83. The van der Waals surface area contributed by atoms with Crippen LogP contribution in [0.1, 0.15) is 19.3 Å². The highest BCUT2D eigenvalue weighted by Gasteiger charge is 2.10. The third kappa shape index (κ3) is 3.39. The van der Waals surface area contributed by atoms with E-state index in [9.17, 15) is 0 Å². The fourth-order valence-corrected chi connectivity index (χ4v) is 2.87. The summed E-state index contributed by atoms with van der Waals surface area (Å²) in [5.74, 6) is 1.14. The Bertz CT molecular complexity index is 324. The summed E-state index contributed by atoms with van der Waals surface area (Å²) in [6, 6.07) is 2.00. The molecule has 2 rings (SSSR count). The van der Waals surface area contributed by atoms with Gasteiger partial charge in [-0.05, 0) is 50.7 Å². The molecule has 1 aromatic rings. The first-order chi connectivity index (χ1) is 7.86. The summed E-state index contributed by atoms with van der Waals surface area (Å²) in [6.07, 6.45) is 7.53.